The van der Waals surface area contributed by atoms with Crippen LogP contribution < -0.4 is 5.32 Å². The zero-order valence-electron chi connectivity index (χ0n) is 18.5. The van der Waals surface area contributed by atoms with E-state index in [2.05, 4.69) is 31.7 Å². The second-order valence-corrected chi connectivity index (χ2v) is 9.29. The second-order valence-electron chi connectivity index (χ2n) is 8.88. The normalized spacial score (nSPS) is 21.4. The first-order valence-corrected chi connectivity index (χ1v) is 11.8. The Bertz CT molecular complexity index is 1160. The third-order valence-corrected chi connectivity index (χ3v) is 6.85. The summed E-state index contributed by atoms with van der Waals surface area (Å²) in [6, 6.07) is 4.18. The van der Waals surface area contributed by atoms with Crippen LogP contribution in [0.4, 0.5) is 5.95 Å². The standard InChI is InChI=1S/C24H28ClN7O/c1-2-21(33)32-10-7-16(14-32)13-31-9-4-5-17(15-31)29-24-28-12-20(25)22(30-24)19-11-27-23-18(19)6-3-8-26-23/h2-3,6,8,11-12,16-17H,1,4-5,7,9-10,13-15H2,(H,26,27)(H,28,29,30)/t16?,17-/m1/s1. The van der Waals surface area contributed by atoms with Crippen molar-refractivity contribution < 1.29 is 4.79 Å². The van der Waals surface area contributed by atoms with Gasteiger partial charge in [0.15, 0.2) is 0 Å². The number of piperidine rings is 1. The first-order chi connectivity index (χ1) is 16.1. The summed E-state index contributed by atoms with van der Waals surface area (Å²) in [5.74, 6) is 1.14. The van der Waals surface area contributed by atoms with E-state index in [1.807, 2.05) is 23.2 Å². The molecule has 8 nitrogen and oxygen atoms in total. The summed E-state index contributed by atoms with van der Waals surface area (Å²) in [5, 5.41) is 5.01. The van der Waals surface area contributed by atoms with Gasteiger partial charge in [0.1, 0.15) is 5.65 Å². The molecule has 0 saturated carbocycles. The molecule has 172 valence electrons. The number of aromatic amines is 1. The number of nitrogens with zero attached hydrogens (tertiary/aromatic N) is 5. The number of carbonyl (C=O) groups is 1. The predicted octanol–water partition coefficient (Wildman–Crippen LogP) is 3.58. The van der Waals surface area contributed by atoms with Crippen molar-refractivity contribution in [1.29, 1.82) is 0 Å². The summed E-state index contributed by atoms with van der Waals surface area (Å²) in [7, 11) is 0. The number of carbonyl (C=O) groups excluding carboxylic acids is 1. The Labute approximate surface area is 198 Å². The van der Waals surface area contributed by atoms with Gasteiger partial charge < -0.3 is 20.1 Å². The van der Waals surface area contributed by atoms with Crippen molar-refractivity contribution in [3.05, 3.63) is 48.4 Å². The maximum Gasteiger partial charge on any atom is 0.245 e. The minimum Gasteiger partial charge on any atom is -0.350 e. The van der Waals surface area contributed by atoms with Crippen LogP contribution in [0.3, 0.4) is 0 Å². The number of likely N-dealkylation sites (tertiary alicyclic amines) is 2. The molecular weight excluding hydrogens is 438 g/mol. The minimum atomic E-state index is 0.0392. The van der Waals surface area contributed by atoms with E-state index in [9.17, 15) is 4.79 Å². The van der Waals surface area contributed by atoms with Gasteiger partial charge in [-0.25, -0.2) is 15.0 Å². The average Bonchev–Trinajstić information content (AvgIpc) is 3.47. The molecule has 2 fully saturated rings. The smallest absolute Gasteiger partial charge is 0.245 e. The van der Waals surface area contributed by atoms with Crippen molar-refractivity contribution in [1.82, 2.24) is 29.7 Å². The zero-order valence-corrected chi connectivity index (χ0v) is 19.3. The van der Waals surface area contributed by atoms with Gasteiger partial charge in [0.25, 0.3) is 0 Å². The summed E-state index contributed by atoms with van der Waals surface area (Å²) < 4.78 is 0. The Hall–Kier alpha value is -2.97. The van der Waals surface area contributed by atoms with Crippen molar-refractivity contribution in [2.24, 2.45) is 5.92 Å². The van der Waals surface area contributed by atoms with E-state index < -0.39 is 0 Å². The first-order valence-electron chi connectivity index (χ1n) is 11.5. The number of hydrogen-bond acceptors (Lipinski definition) is 6. The Kier molecular flexibility index (Phi) is 6.28. The largest absolute Gasteiger partial charge is 0.350 e. The molecule has 1 amide bonds. The molecular formula is C24H28ClN7O. The molecule has 2 aliphatic heterocycles. The molecule has 0 spiro atoms. The van der Waals surface area contributed by atoms with Gasteiger partial charge in [0.2, 0.25) is 11.9 Å². The fourth-order valence-corrected chi connectivity index (χ4v) is 5.17. The molecule has 9 heteroatoms. The average molecular weight is 466 g/mol. The first kappa shape index (κ1) is 21.9. The van der Waals surface area contributed by atoms with E-state index in [4.69, 9.17) is 16.6 Å². The van der Waals surface area contributed by atoms with Crippen molar-refractivity contribution in [3.8, 4) is 11.3 Å². The van der Waals surface area contributed by atoms with Crippen LogP contribution in [-0.2, 0) is 4.79 Å². The molecule has 3 aromatic rings. The second kappa shape index (κ2) is 9.49. The van der Waals surface area contributed by atoms with E-state index in [0.29, 0.717) is 22.6 Å². The fourth-order valence-electron chi connectivity index (χ4n) is 4.98. The SMILES string of the molecule is C=CC(=O)N1CCC(CN2CCC[C@@H](Nc3ncc(Cl)c(-c4c[nH]c5ncccc45)n3)C2)C1. The minimum absolute atomic E-state index is 0.0392. The van der Waals surface area contributed by atoms with Gasteiger partial charge in [0.05, 0.1) is 16.9 Å². The molecule has 2 saturated heterocycles. The van der Waals surface area contributed by atoms with Gasteiger partial charge in [-0.1, -0.05) is 18.2 Å². The topological polar surface area (TPSA) is 90.0 Å². The van der Waals surface area contributed by atoms with E-state index in [1.165, 1.54) is 6.08 Å². The molecule has 33 heavy (non-hydrogen) atoms. The van der Waals surface area contributed by atoms with Crippen LogP contribution >= 0.6 is 11.6 Å². The lowest BCUT2D eigenvalue weighted by molar-refractivity contribution is -0.125. The third kappa shape index (κ3) is 4.72. The van der Waals surface area contributed by atoms with Crippen molar-refractivity contribution in [2.75, 3.05) is 38.0 Å². The Balaban J connectivity index is 1.25. The molecule has 5 heterocycles. The monoisotopic (exact) mass is 465 g/mol. The van der Waals surface area contributed by atoms with E-state index in [0.717, 1.165) is 68.6 Å². The number of H-pyrrole nitrogens is 1. The van der Waals surface area contributed by atoms with E-state index in [-0.39, 0.29) is 11.9 Å². The predicted molar refractivity (Wildman–Crippen MR) is 130 cm³/mol. The number of anilines is 1. The summed E-state index contributed by atoms with van der Waals surface area (Å²) in [6.45, 7) is 8.28. The van der Waals surface area contributed by atoms with Gasteiger partial charge in [-0.3, -0.25) is 4.79 Å². The summed E-state index contributed by atoms with van der Waals surface area (Å²) >= 11 is 6.46. The summed E-state index contributed by atoms with van der Waals surface area (Å²) in [6.07, 6.45) is 9.96. The van der Waals surface area contributed by atoms with Crippen LogP contribution in [0.5, 0.6) is 0 Å². The van der Waals surface area contributed by atoms with Gasteiger partial charge >= 0.3 is 0 Å². The van der Waals surface area contributed by atoms with Crippen molar-refractivity contribution in [2.45, 2.75) is 25.3 Å². The van der Waals surface area contributed by atoms with Crippen LogP contribution in [0.1, 0.15) is 19.3 Å². The highest BCUT2D eigenvalue weighted by atomic mass is 35.5. The van der Waals surface area contributed by atoms with Crippen LogP contribution in [-0.4, -0.2) is 74.4 Å². The number of nitrogens with one attached hydrogen (secondary N) is 2. The van der Waals surface area contributed by atoms with Gasteiger partial charge in [-0.05, 0) is 49.9 Å². The van der Waals surface area contributed by atoms with Crippen LogP contribution in [0.15, 0.2) is 43.4 Å². The van der Waals surface area contributed by atoms with Gasteiger partial charge in [0, 0.05) is 55.6 Å². The molecule has 2 aliphatic rings. The van der Waals surface area contributed by atoms with E-state index >= 15 is 0 Å². The van der Waals surface area contributed by atoms with Crippen LogP contribution in [0.25, 0.3) is 22.3 Å². The van der Waals surface area contributed by atoms with E-state index in [1.54, 1.807) is 12.4 Å². The summed E-state index contributed by atoms with van der Waals surface area (Å²) in [5.41, 5.74) is 2.41. The third-order valence-electron chi connectivity index (χ3n) is 6.58. The van der Waals surface area contributed by atoms with Crippen LogP contribution in [0.2, 0.25) is 5.02 Å². The highest BCUT2D eigenvalue weighted by molar-refractivity contribution is 6.33. The molecule has 1 unspecified atom stereocenters. The molecule has 0 radical (unpaired) electrons. The highest BCUT2D eigenvalue weighted by Gasteiger charge is 2.29. The Morgan fingerprint density at radius 2 is 2.21 bits per heavy atom. The van der Waals surface area contributed by atoms with Crippen molar-refractivity contribution in [3.63, 3.8) is 0 Å². The maximum absolute atomic E-state index is 11.9. The maximum atomic E-state index is 11.9. The summed E-state index contributed by atoms with van der Waals surface area (Å²) in [4.78, 5) is 33.0. The number of amides is 1. The lowest BCUT2D eigenvalue weighted by Crippen LogP contribution is -2.44. The number of hydrogen-bond donors (Lipinski definition) is 2. The lowest BCUT2D eigenvalue weighted by Gasteiger charge is -2.34. The fraction of sp³-hybridized carbons (Fsp3) is 0.417. The zero-order chi connectivity index (χ0) is 22.8. The molecule has 0 aromatic carbocycles. The van der Waals surface area contributed by atoms with Gasteiger partial charge in [-0.2, -0.15) is 0 Å². The molecule has 0 bridgehead atoms. The highest BCUT2D eigenvalue weighted by Crippen LogP contribution is 2.32. The Morgan fingerprint density at radius 1 is 1.30 bits per heavy atom. The van der Waals surface area contributed by atoms with Crippen molar-refractivity contribution >= 4 is 34.5 Å². The van der Waals surface area contributed by atoms with Crippen LogP contribution in [0, 0.1) is 5.92 Å². The number of pyridine rings is 1. The molecule has 3 aromatic heterocycles. The number of fused-ring (bicyclic) bond motifs is 1. The Morgan fingerprint density at radius 3 is 3.09 bits per heavy atom. The number of halogens is 1. The molecule has 2 N–H and O–H groups in total. The number of rotatable bonds is 6. The molecule has 0 aliphatic carbocycles. The quantitative estimate of drug-likeness (QED) is 0.541. The molecule has 5 rings (SSSR count). The number of aromatic nitrogens is 4. The van der Waals surface area contributed by atoms with Gasteiger partial charge in [-0.15, -0.1) is 0 Å². The lowest BCUT2D eigenvalue weighted by atomic mass is 10.0. The molecule has 2 atom stereocenters.